The number of amides is 1. The summed E-state index contributed by atoms with van der Waals surface area (Å²) in [6, 6.07) is 11.8. The van der Waals surface area contributed by atoms with Gasteiger partial charge in [-0.25, -0.2) is 4.98 Å². The number of pyridine rings is 1. The number of hydrogen-bond acceptors (Lipinski definition) is 3. The zero-order valence-electron chi connectivity index (χ0n) is 13.2. The first-order valence-electron chi connectivity index (χ1n) is 7.54. The molecule has 3 rings (SSSR count). The van der Waals surface area contributed by atoms with Gasteiger partial charge < -0.3 is 15.0 Å². The van der Waals surface area contributed by atoms with Gasteiger partial charge >= 0.3 is 0 Å². The van der Waals surface area contributed by atoms with E-state index < -0.39 is 0 Å². The van der Waals surface area contributed by atoms with Crippen molar-refractivity contribution in [1.82, 2.24) is 14.9 Å². The Bertz CT molecular complexity index is 854. The van der Waals surface area contributed by atoms with Crippen molar-refractivity contribution in [3.63, 3.8) is 0 Å². The molecule has 2 N–H and O–H groups in total. The summed E-state index contributed by atoms with van der Waals surface area (Å²) in [6.07, 6.45) is 2.13. The molecule has 2 heterocycles. The molecule has 0 unspecified atom stereocenters. The molecule has 0 radical (unpaired) electrons. The van der Waals surface area contributed by atoms with Gasteiger partial charge in [0.1, 0.15) is 11.4 Å². The number of rotatable bonds is 4. The van der Waals surface area contributed by atoms with Crippen molar-refractivity contribution in [3.05, 3.63) is 48.2 Å². The topological polar surface area (TPSA) is 67.2 Å². The van der Waals surface area contributed by atoms with E-state index in [1.54, 1.807) is 6.07 Å². The molecule has 0 saturated carbocycles. The van der Waals surface area contributed by atoms with Crippen molar-refractivity contribution in [3.8, 4) is 17.0 Å². The average molecular weight is 309 g/mol. The predicted octanol–water partition coefficient (Wildman–Crippen LogP) is 2.62. The molecule has 0 saturated heterocycles. The fraction of sp³-hybridized carbons (Fsp3) is 0.222. The van der Waals surface area contributed by atoms with Gasteiger partial charge in [0.25, 0.3) is 0 Å². The molecule has 5 heteroatoms. The highest BCUT2D eigenvalue weighted by Crippen LogP contribution is 2.33. The van der Waals surface area contributed by atoms with Crippen LogP contribution < -0.4 is 5.32 Å². The van der Waals surface area contributed by atoms with Crippen LogP contribution in [0.5, 0.6) is 5.75 Å². The van der Waals surface area contributed by atoms with Crippen molar-refractivity contribution in [1.29, 1.82) is 0 Å². The van der Waals surface area contributed by atoms with Crippen LogP contribution in [0.15, 0.2) is 42.6 Å². The van der Waals surface area contributed by atoms with Gasteiger partial charge in [0.05, 0.1) is 11.9 Å². The van der Waals surface area contributed by atoms with E-state index in [0.29, 0.717) is 13.0 Å². The normalized spacial score (nSPS) is 10.9. The van der Waals surface area contributed by atoms with Crippen molar-refractivity contribution in [2.24, 2.45) is 7.05 Å². The minimum Gasteiger partial charge on any atom is -0.506 e. The van der Waals surface area contributed by atoms with Gasteiger partial charge in [0, 0.05) is 25.9 Å². The number of carbonyl (C=O) groups excluding carboxylic acids is 1. The lowest BCUT2D eigenvalue weighted by Crippen LogP contribution is -2.22. The monoisotopic (exact) mass is 309 g/mol. The maximum atomic E-state index is 11.1. The highest BCUT2D eigenvalue weighted by atomic mass is 16.3. The van der Waals surface area contributed by atoms with Gasteiger partial charge in [-0.3, -0.25) is 4.79 Å². The van der Waals surface area contributed by atoms with E-state index in [1.807, 2.05) is 29.8 Å². The zero-order chi connectivity index (χ0) is 16.4. The molecule has 23 heavy (non-hydrogen) atoms. The van der Waals surface area contributed by atoms with Gasteiger partial charge in [-0.1, -0.05) is 30.3 Å². The van der Waals surface area contributed by atoms with E-state index in [2.05, 4.69) is 22.4 Å². The Balaban J connectivity index is 2.16. The second kappa shape index (κ2) is 6.12. The average Bonchev–Trinajstić information content (AvgIpc) is 2.80. The molecule has 0 aliphatic heterocycles. The van der Waals surface area contributed by atoms with E-state index in [1.165, 1.54) is 13.1 Å². The molecule has 0 aliphatic carbocycles. The van der Waals surface area contributed by atoms with E-state index >= 15 is 0 Å². The molecular weight excluding hydrogens is 290 g/mol. The standard InChI is InChI=1S/C18H19N3O2/c1-12(22)19-9-8-15-16-10-14(23)11-20-18(16)21(2)17(15)13-6-4-3-5-7-13/h3-7,10-11,23H,8-9H2,1-2H3,(H,19,22). The van der Waals surface area contributed by atoms with Crippen molar-refractivity contribution in [2.75, 3.05) is 6.54 Å². The minimum atomic E-state index is -0.0486. The Kier molecular flexibility index (Phi) is 4.02. The van der Waals surface area contributed by atoms with Gasteiger partial charge in [-0.2, -0.15) is 0 Å². The third kappa shape index (κ3) is 2.90. The summed E-state index contributed by atoms with van der Waals surface area (Å²) in [5, 5.41) is 13.5. The molecule has 0 spiro atoms. The van der Waals surface area contributed by atoms with Crippen LogP contribution in [-0.2, 0) is 18.3 Å². The van der Waals surface area contributed by atoms with Crippen LogP contribution in [0.25, 0.3) is 22.3 Å². The van der Waals surface area contributed by atoms with Crippen LogP contribution in [0, 0.1) is 0 Å². The fourth-order valence-electron chi connectivity index (χ4n) is 2.95. The van der Waals surface area contributed by atoms with Crippen LogP contribution in [0.1, 0.15) is 12.5 Å². The minimum absolute atomic E-state index is 0.0486. The zero-order valence-corrected chi connectivity index (χ0v) is 13.2. The molecule has 0 bridgehead atoms. The van der Waals surface area contributed by atoms with Gasteiger partial charge in [-0.05, 0) is 23.6 Å². The van der Waals surface area contributed by atoms with Crippen molar-refractivity contribution in [2.45, 2.75) is 13.3 Å². The molecule has 118 valence electrons. The molecule has 1 amide bonds. The molecule has 0 fully saturated rings. The SMILES string of the molecule is CC(=O)NCCc1c(-c2ccccc2)n(C)c2ncc(O)cc12. The first kappa shape index (κ1) is 15.1. The number of nitrogens with zero attached hydrogens (tertiary/aromatic N) is 2. The number of hydrogen-bond donors (Lipinski definition) is 2. The lowest BCUT2D eigenvalue weighted by molar-refractivity contribution is -0.118. The summed E-state index contributed by atoms with van der Waals surface area (Å²) >= 11 is 0. The summed E-state index contributed by atoms with van der Waals surface area (Å²) in [5.41, 5.74) is 4.04. The second-order valence-electron chi connectivity index (χ2n) is 5.55. The maximum absolute atomic E-state index is 11.1. The Morgan fingerprint density at radius 1 is 1.30 bits per heavy atom. The molecular formula is C18H19N3O2. The van der Waals surface area contributed by atoms with Crippen LogP contribution in [-0.4, -0.2) is 27.1 Å². The highest BCUT2D eigenvalue weighted by molar-refractivity contribution is 5.90. The molecule has 2 aromatic heterocycles. The molecule has 1 aromatic carbocycles. The number of benzene rings is 1. The lowest BCUT2D eigenvalue weighted by Gasteiger charge is -2.08. The fourth-order valence-corrected chi connectivity index (χ4v) is 2.95. The summed E-state index contributed by atoms with van der Waals surface area (Å²) in [7, 11) is 1.97. The summed E-state index contributed by atoms with van der Waals surface area (Å²) in [6.45, 7) is 2.05. The Morgan fingerprint density at radius 2 is 2.04 bits per heavy atom. The molecule has 0 aliphatic rings. The Morgan fingerprint density at radius 3 is 2.74 bits per heavy atom. The number of carbonyl (C=O) groups is 1. The van der Waals surface area contributed by atoms with Gasteiger partial charge in [0.2, 0.25) is 5.91 Å². The third-order valence-electron chi connectivity index (χ3n) is 3.91. The van der Waals surface area contributed by atoms with Crippen LogP contribution >= 0.6 is 0 Å². The first-order valence-corrected chi connectivity index (χ1v) is 7.54. The van der Waals surface area contributed by atoms with E-state index in [0.717, 1.165) is 27.9 Å². The van der Waals surface area contributed by atoms with E-state index in [4.69, 9.17) is 0 Å². The summed E-state index contributed by atoms with van der Waals surface area (Å²) < 4.78 is 2.03. The number of nitrogens with one attached hydrogen (secondary N) is 1. The quantitative estimate of drug-likeness (QED) is 0.778. The molecule has 0 atom stereocenters. The smallest absolute Gasteiger partial charge is 0.216 e. The lowest BCUT2D eigenvalue weighted by atomic mass is 10.0. The first-order chi connectivity index (χ1) is 11.1. The third-order valence-corrected chi connectivity index (χ3v) is 3.91. The van der Waals surface area contributed by atoms with Gasteiger partial charge in [-0.15, -0.1) is 0 Å². The number of aryl methyl sites for hydroxylation is 1. The number of aromatic nitrogens is 2. The van der Waals surface area contributed by atoms with Crippen molar-refractivity contribution < 1.29 is 9.90 Å². The largest absolute Gasteiger partial charge is 0.506 e. The van der Waals surface area contributed by atoms with Crippen LogP contribution in [0.4, 0.5) is 0 Å². The van der Waals surface area contributed by atoms with Crippen LogP contribution in [0.2, 0.25) is 0 Å². The summed E-state index contributed by atoms with van der Waals surface area (Å²) in [4.78, 5) is 15.5. The highest BCUT2D eigenvalue weighted by Gasteiger charge is 2.17. The number of aromatic hydroxyl groups is 1. The Hall–Kier alpha value is -2.82. The van der Waals surface area contributed by atoms with E-state index in [9.17, 15) is 9.90 Å². The van der Waals surface area contributed by atoms with E-state index in [-0.39, 0.29) is 11.7 Å². The second-order valence-corrected chi connectivity index (χ2v) is 5.55. The van der Waals surface area contributed by atoms with Crippen molar-refractivity contribution >= 4 is 16.9 Å². The van der Waals surface area contributed by atoms with Gasteiger partial charge in [0.15, 0.2) is 0 Å². The molecule has 5 nitrogen and oxygen atoms in total. The Labute approximate surface area is 134 Å². The maximum Gasteiger partial charge on any atom is 0.216 e. The van der Waals surface area contributed by atoms with Crippen LogP contribution in [0.3, 0.4) is 0 Å². The predicted molar refractivity (Wildman–Crippen MR) is 90.2 cm³/mol. The number of fused-ring (bicyclic) bond motifs is 1. The molecule has 3 aromatic rings. The summed E-state index contributed by atoms with van der Waals surface area (Å²) in [5.74, 6) is 0.0935.